The van der Waals surface area contributed by atoms with Gasteiger partial charge in [-0.3, -0.25) is 9.59 Å². The Kier molecular flexibility index (Phi) is 5.21. The highest BCUT2D eigenvalue weighted by atomic mass is 32.1. The minimum Gasteiger partial charge on any atom is -0.377 e. The van der Waals surface area contributed by atoms with Crippen molar-refractivity contribution < 1.29 is 14.3 Å². The quantitative estimate of drug-likeness (QED) is 0.576. The van der Waals surface area contributed by atoms with E-state index < -0.39 is 0 Å². The Morgan fingerprint density at radius 2 is 1.85 bits per heavy atom. The van der Waals surface area contributed by atoms with Crippen molar-refractivity contribution in [3.05, 3.63) is 57.8 Å². The zero-order valence-electron chi connectivity index (χ0n) is 11.3. The number of hydrogen-bond donors (Lipinski definition) is 0. The van der Waals surface area contributed by atoms with Crippen LogP contribution in [0, 0.1) is 0 Å². The summed E-state index contributed by atoms with van der Waals surface area (Å²) in [5.41, 5.74) is 1.59. The van der Waals surface area contributed by atoms with E-state index in [2.05, 4.69) is 0 Å². The van der Waals surface area contributed by atoms with Gasteiger partial charge in [0.15, 0.2) is 11.6 Å². The van der Waals surface area contributed by atoms with Gasteiger partial charge in [-0.25, -0.2) is 0 Å². The number of thiophene rings is 1. The lowest BCUT2D eigenvalue weighted by molar-refractivity contribution is 0.0896. The minimum absolute atomic E-state index is 0.0781. The first kappa shape index (κ1) is 14.6. The fraction of sp³-hybridized carbons (Fsp3) is 0.250. The molecular formula is C16H16O3S. The predicted octanol–water partition coefficient (Wildman–Crippen LogP) is 3.74. The standard InChI is InChI=1S/C16H16O3S/c1-2-19-11-12-5-7-13(8-6-12)14(17)10-15(18)16-4-3-9-20-16/h3-9H,2,10-11H2,1H3. The van der Waals surface area contributed by atoms with E-state index in [1.54, 1.807) is 18.2 Å². The third kappa shape index (κ3) is 3.85. The molecule has 20 heavy (non-hydrogen) atoms. The van der Waals surface area contributed by atoms with Crippen molar-refractivity contribution in [1.29, 1.82) is 0 Å². The number of benzene rings is 1. The zero-order chi connectivity index (χ0) is 14.4. The average molecular weight is 288 g/mol. The van der Waals surface area contributed by atoms with Gasteiger partial charge in [-0.05, 0) is 23.9 Å². The van der Waals surface area contributed by atoms with E-state index >= 15 is 0 Å². The van der Waals surface area contributed by atoms with E-state index in [0.29, 0.717) is 23.7 Å². The molecule has 0 unspecified atom stereocenters. The molecule has 0 aliphatic carbocycles. The second-order valence-electron chi connectivity index (χ2n) is 4.33. The summed E-state index contributed by atoms with van der Waals surface area (Å²) >= 11 is 1.36. The lowest BCUT2D eigenvalue weighted by Gasteiger charge is -2.03. The highest BCUT2D eigenvalue weighted by Gasteiger charge is 2.14. The summed E-state index contributed by atoms with van der Waals surface area (Å²) in [6, 6.07) is 10.8. The molecule has 1 aromatic heterocycles. The molecule has 0 N–H and O–H groups in total. The fourth-order valence-electron chi connectivity index (χ4n) is 1.78. The Bertz CT molecular complexity index is 570. The van der Waals surface area contributed by atoms with Crippen molar-refractivity contribution in [3.63, 3.8) is 0 Å². The lowest BCUT2D eigenvalue weighted by atomic mass is 10.0. The number of ether oxygens (including phenoxy) is 1. The fourth-order valence-corrected chi connectivity index (χ4v) is 2.44. The smallest absolute Gasteiger partial charge is 0.180 e. The Morgan fingerprint density at radius 3 is 2.45 bits per heavy atom. The number of ketones is 2. The summed E-state index contributed by atoms with van der Waals surface area (Å²) in [4.78, 5) is 24.5. The molecule has 3 nitrogen and oxygen atoms in total. The number of rotatable bonds is 7. The van der Waals surface area contributed by atoms with Crippen LogP contribution in [-0.4, -0.2) is 18.2 Å². The van der Waals surface area contributed by atoms with Crippen LogP contribution in [0.25, 0.3) is 0 Å². The monoisotopic (exact) mass is 288 g/mol. The molecule has 1 heterocycles. The van der Waals surface area contributed by atoms with Crippen molar-refractivity contribution in [1.82, 2.24) is 0 Å². The molecule has 104 valence electrons. The number of hydrogen-bond acceptors (Lipinski definition) is 4. The first-order valence-electron chi connectivity index (χ1n) is 6.47. The summed E-state index contributed by atoms with van der Waals surface area (Å²) in [6.45, 7) is 3.14. The third-order valence-electron chi connectivity index (χ3n) is 2.87. The lowest BCUT2D eigenvalue weighted by Crippen LogP contribution is -2.07. The Balaban J connectivity index is 1.97. The summed E-state index contributed by atoms with van der Waals surface area (Å²) < 4.78 is 5.30. The van der Waals surface area contributed by atoms with Crippen LogP contribution in [0.3, 0.4) is 0 Å². The second-order valence-corrected chi connectivity index (χ2v) is 5.28. The van der Waals surface area contributed by atoms with Gasteiger partial charge in [-0.2, -0.15) is 0 Å². The van der Waals surface area contributed by atoms with E-state index in [9.17, 15) is 9.59 Å². The van der Waals surface area contributed by atoms with Crippen LogP contribution >= 0.6 is 11.3 Å². The molecule has 4 heteroatoms. The highest BCUT2D eigenvalue weighted by Crippen LogP contribution is 2.14. The molecule has 0 spiro atoms. The van der Waals surface area contributed by atoms with Gasteiger partial charge in [-0.1, -0.05) is 30.3 Å². The summed E-state index contributed by atoms with van der Waals surface area (Å²) in [7, 11) is 0. The number of Topliss-reactive ketones (excluding diaryl/α,β-unsaturated/α-hetero) is 2. The predicted molar refractivity (Wildman–Crippen MR) is 79.4 cm³/mol. The van der Waals surface area contributed by atoms with Crippen molar-refractivity contribution in [2.45, 2.75) is 20.0 Å². The van der Waals surface area contributed by atoms with Gasteiger partial charge < -0.3 is 4.74 Å². The van der Waals surface area contributed by atoms with E-state index in [1.807, 2.05) is 30.5 Å². The van der Waals surface area contributed by atoms with Crippen LogP contribution in [0.1, 0.15) is 38.9 Å². The second kappa shape index (κ2) is 7.12. The normalized spacial score (nSPS) is 10.4. The van der Waals surface area contributed by atoms with Gasteiger partial charge in [0.05, 0.1) is 17.9 Å². The molecule has 0 fully saturated rings. The topological polar surface area (TPSA) is 43.4 Å². The first-order chi connectivity index (χ1) is 9.70. The third-order valence-corrected chi connectivity index (χ3v) is 3.78. The number of carbonyl (C=O) groups is 2. The van der Waals surface area contributed by atoms with Gasteiger partial charge in [0.2, 0.25) is 0 Å². The van der Waals surface area contributed by atoms with Gasteiger partial charge >= 0.3 is 0 Å². The molecule has 0 atom stereocenters. The van der Waals surface area contributed by atoms with Crippen molar-refractivity contribution in [2.75, 3.05) is 6.61 Å². The maximum atomic E-state index is 12.0. The van der Waals surface area contributed by atoms with Crippen LogP contribution in [0.5, 0.6) is 0 Å². The van der Waals surface area contributed by atoms with Gasteiger partial charge in [-0.15, -0.1) is 11.3 Å². The van der Waals surface area contributed by atoms with Gasteiger partial charge in [0, 0.05) is 12.2 Å². The molecule has 0 saturated carbocycles. The Labute approximate surface area is 122 Å². The summed E-state index contributed by atoms with van der Waals surface area (Å²) in [6.07, 6.45) is -0.0781. The Hall–Kier alpha value is -1.78. The van der Waals surface area contributed by atoms with E-state index in [4.69, 9.17) is 4.74 Å². The highest BCUT2D eigenvalue weighted by molar-refractivity contribution is 7.12. The van der Waals surface area contributed by atoms with Crippen molar-refractivity contribution >= 4 is 22.9 Å². The van der Waals surface area contributed by atoms with Crippen molar-refractivity contribution in [2.24, 2.45) is 0 Å². The number of carbonyl (C=O) groups excluding carboxylic acids is 2. The van der Waals surface area contributed by atoms with Crippen LogP contribution in [-0.2, 0) is 11.3 Å². The first-order valence-corrected chi connectivity index (χ1v) is 7.35. The van der Waals surface area contributed by atoms with E-state index in [1.165, 1.54) is 11.3 Å². The SMILES string of the molecule is CCOCc1ccc(C(=O)CC(=O)c2cccs2)cc1. The van der Waals surface area contributed by atoms with Gasteiger partial charge in [0.25, 0.3) is 0 Å². The molecule has 1 aromatic carbocycles. The van der Waals surface area contributed by atoms with Crippen LogP contribution < -0.4 is 0 Å². The molecule has 0 radical (unpaired) electrons. The van der Waals surface area contributed by atoms with Crippen LogP contribution in [0.2, 0.25) is 0 Å². The largest absolute Gasteiger partial charge is 0.377 e. The minimum atomic E-state index is -0.147. The zero-order valence-corrected chi connectivity index (χ0v) is 12.1. The molecule has 2 rings (SSSR count). The maximum Gasteiger partial charge on any atom is 0.180 e. The van der Waals surface area contributed by atoms with Crippen LogP contribution in [0.15, 0.2) is 41.8 Å². The van der Waals surface area contributed by atoms with Crippen LogP contribution in [0.4, 0.5) is 0 Å². The summed E-state index contributed by atoms with van der Waals surface area (Å²) in [5.74, 6) is -0.269. The molecule has 0 aliphatic heterocycles. The van der Waals surface area contributed by atoms with Crippen molar-refractivity contribution in [3.8, 4) is 0 Å². The summed E-state index contributed by atoms with van der Waals surface area (Å²) in [5, 5.41) is 1.83. The Morgan fingerprint density at radius 1 is 1.10 bits per heavy atom. The molecule has 0 bridgehead atoms. The molecule has 2 aromatic rings. The average Bonchev–Trinajstić information content (AvgIpc) is 3.00. The molecule has 0 saturated heterocycles. The molecule has 0 amide bonds. The maximum absolute atomic E-state index is 12.0. The molecular weight excluding hydrogens is 272 g/mol. The van der Waals surface area contributed by atoms with Gasteiger partial charge in [0.1, 0.15) is 0 Å². The van der Waals surface area contributed by atoms with E-state index in [-0.39, 0.29) is 18.0 Å². The van der Waals surface area contributed by atoms with E-state index in [0.717, 1.165) is 5.56 Å². The molecule has 0 aliphatic rings.